The summed E-state index contributed by atoms with van der Waals surface area (Å²) in [7, 11) is 0. The second-order valence-electron chi connectivity index (χ2n) is 7.78. The van der Waals surface area contributed by atoms with Crippen molar-refractivity contribution in [3.05, 3.63) is 70.7 Å². The average Bonchev–Trinajstić information content (AvgIpc) is 2.86. The van der Waals surface area contributed by atoms with Crippen molar-refractivity contribution in [2.75, 3.05) is 13.2 Å². The Labute approximate surface area is 218 Å². The molecule has 0 aliphatic heterocycles. The monoisotopic (exact) mass is 557 g/mol. The zero-order chi connectivity index (χ0) is 25.0. The fraction of sp³-hybridized carbons (Fsp3) is 0.269. The molecule has 0 heterocycles. The van der Waals surface area contributed by atoms with Gasteiger partial charge in [0.2, 0.25) is 0 Å². The van der Waals surface area contributed by atoms with Crippen molar-refractivity contribution >= 4 is 55.8 Å². The molecule has 9 heteroatoms. The Balaban J connectivity index is 1.42. The number of carbonyl (C=O) groups is 2. The lowest BCUT2D eigenvalue weighted by Gasteiger charge is -2.13. The summed E-state index contributed by atoms with van der Waals surface area (Å²) in [5, 5.41) is 4.42. The van der Waals surface area contributed by atoms with Gasteiger partial charge in [-0.3, -0.25) is 25.8 Å². The van der Waals surface area contributed by atoms with E-state index in [9.17, 15) is 9.59 Å². The van der Waals surface area contributed by atoms with Gasteiger partial charge in [0.05, 0.1) is 11.1 Å². The van der Waals surface area contributed by atoms with Crippen molar-refractivity contribution < 1.29 is 19.1 Å². The minimum atomic E-state index is -0.447. The maximum Gasteiger partial charge on any atom is 0.276 e. The second kappa shape index (κ2) is 13.7. The SMILES string of the molecule is CCCCCCOc1ccc(C(=O)NC(=S)NNC(=O)COc2cccc3ccccc23)cc1Br. The van der Waals surface area contributed by atoms with Crippen LogP contribution in [0.15, 0.2) is 65.1 Å². The predicted molar refractivity (Wildman–Crippen MR) is 145 cm³/mol. The summed E-state index contributed by atoms with van der Waals surface area (Å²) in [6.07, 6.45) is 4.48. The molecular weight excluding hydrogens is 530 g/mol. The Morgan fingerprint density at radius 2 is 1.71 bits per heavy atom. The molecule has 3 rings (SSSR count). The highest BCUT2D eigenvalue weighted by Crippen LogP contribution is 2.26. The number of halogens is 1. The van der Waals surface area contributed by atoms with E-state index in [0.29, 0.717) is 28.1 Å². The number of ether oxygens (including phenoxy) is 2. The minimum absolute atomic E-state index is 0.0408. The van der Waals surface area contributed by atoms with Gasteiger partial charge in [-0.05, 0) is 64.2 Å². The quantitative estimate of drug-likeness (QED) is 0.178. The van der Waals surface area contributed by atoms with Crippen LogP contribution in [0.25, 0.3) is 10.8 Å². The van der Waals surface area contributed by atoms with E-state index in [4.69, 9.17) is 21.7 Å². The van der Waals surface area contributed by atoms with E-state index in [1.54, 1.807) is 24.3 Å². The molecule has 0 bridgehead atoms. The third-order valence-electron chi connectivity index (χ3n) is 5.10. The van der Waals surface area contributed by atoms with Gasteiger partial charge in [0.1, 0.15) is 11.5 Å². The molecule has 0 unspecified atom stereocenters. The number of nitrogens with one attached hydrogen (secondary N) is 3. The van der Waals surface area contributed by atoms with E-state index >= 15 is 0 Å². The van der Waals surface area contributed by atoms with E-state index in [0.717, 1.165) is 23.6 Å². The normalized spacial score (nSPS) is 10.5. The number of fused-ring (bicyclic) bond motifs is 1. The molecule has 0 saturated heterocycles. The smallest absolute Gasteiger partial charge is 0.276 e. The molecule has 7 nitrogen and oxygen atoms in total. The maximum atomic E-state index is 12.5. The minimum Gasteiger partial charge on any atom is -0.492 e. The first-order chi connectivity index (χ1) is 17.0. The molecule has 0 aliphatic carbocycles. The fourth-order valence-corrected chi connectivity index (χ4v) is 3.94. The first-order valence-corrected chi connectivity index (χ1v) is 12.6. The van der Waals surface area contributed by atoms with Crippen molar-refractivity contribution in [1.82, 2.24) is 16.2 Å². The van der Waals surface area contributed by atoms with E-state index in [1.807, 2.05) is 36.4 Å². The van der Waals surface area contributed by atoms with Crippen molar-refractivity contribution in [1.29, 1.82) is 0 Å². The lowest BCUT2D eigenvalue weighted by Crippen LogP contribution is -2.49. The van der Waals surface area contributed by atoms with Gasteiger partial charge in [0.25, 0.3) is 11.8 Å². The number of hydrazine groups is 1. The van der Waals surface area contributed by atoms with Crippen LogP contribution in [-0.4, -0.2) is 30.1 Å². The molecule has 0 fully saturated rings. The molecule has 2 amide bonds. The average molecular weight is 558 g/mol. The van der Waals surface area contributed by atoms with Gasteiger partial charge in [-0.1, -0.05) is 62.6 Å². The Morgan fingerprint density at radius 3 is 2.51 bits per heavy atom. The summed E-state index contributed by atoms with van der Waals surface area (Å²) in [5.74, 6) is 0.418. The number of carbonyl (C=O) groups excluding carboxylic acids is 2. The first kappa shape index (κ1) is 26.4. The van der Waals surface area contributed by atoms with E-state index in [2.05, 4.69) is 39.0 Å². The van der Waals surface area contributed by atoms with Crippen LogP contribution in [0.5, 0.6) is 11.5 Å². The standard InChI is InChI=1S/C26H28BrN3O4S/c1-2-3-4-7-15-33-23-14-13-19(16-21(23)27)25(32)28-26(35)30-29-24(31)17-34-22-12-8-10-18-9-5-6-11-20(18)22/h5-6,8-14,16H,2-4,7,15,17H2,1H3,(H,29,31)(H2,28,30,32,35). The number of thiocarbonyl (C=S) groups is 1. The molecule has 3 aromatic rings. The van der Waals surface area contributed by atoms with Crippen molar-refractivity contribution in [3.8, 4) is 11.5 Å². The maximum absolute atomic E-state index is 12.5. The number of amides is 2. The van der Waals surface area contributed by atoms with Gasteiger partial charge in [-0.2, -0.15) is 0 Å². The van der Waals surface area contributed by atoms with Crippen LogP contribution in [0, 0.1) is 0 Å². The number of benzene rings is 3. The zero-order valence-corrected chi connectivity index (χ0v) is 21.8. The molecule has 3 aromatic carbocycles. The third kappa shape index (κ3) is 8.22. The van der Waals surface area contributed by atoms with Gasteiger partial charge in [-0.15, -0.1) is 0 Å². The van der Waals surface area contributed by atoms with Crippen LogP contribution >= 0.6 is 28.1 Å². The lowest BCUT2D eigenvalue weighted by molar-refractivity contribution is -0.123. The van der Waals surface area contributed by atoms with Crippen molar-refractivity contribution in [2.24, 2.45) is 0 Å². The molecule has 184 valence electrons. The zero-order valence-electron chi connectivity index (χ0n) is 19.4. The number of hydrogen-bond donors (Lipinski definition) is 3. The molecule has 0 atom stereocenters. The van der Waals surface area contributed by atoms with Crippen LogP contribution in [-0.2, 0) is 4.79 Å². The summed E-state index contributed by atoms with van der Waals surface area (Å²) < 4.78 is 12.1. The summed E-state index contributed by atoms with van der Waals surface area (Å²) in [6.45, 7) is 2.57. The third-order valence-corrected chi connectivity index (χ3v) is 5.92. The van der Waals surface area contributed by atoms with E-state index < -0.39 is 11.8 Å². The summed E-state index contributed by atoms with van der Waals surface area (Å²) >= 11 is 8.55. The van der Waals surface area contributed by atoms with Gasteiger partial charge in [0, 0.05) is 10.9 Å². The van der Waals surface area contributed by atoms with Crippen LogP contribution in [0.1, 0.15) is 43.0 Å². The van der Waals surface area contributed by atoms with Gasteiger partial charge in [0.15, 0.2) is 11.7 Å². The van der Waals surface area contributed by atoms with Crippen LogP contribution < -0.4 is 25.6 Å². The Hall–Kier alpha value is -3.17. The highest BCUT2D eigenvalue weighted by atomic mass is 79.9. The topological polar surface area (TPSA) is 88.7 Å². The first-order valence-electron chi connectivity index (χ1n) is 11.4. The van der Waals surface area contributed by atoms with E-state index in [-0.39, 0.29) is 11.7 Å². The Kier molecular flexibility index (Phi) is 10.3. The highest BCUT2D eigenvalue weighted by Gasteiger charge is 2.12. The second-order valence-corrected chi connectivity index (χ2v) is 9.04. The van der Waals surface area contributed by atoms with Gasteiger partial charge in [-0.25, -0.2) is 0 Å². The number of rotatable bonds is 10. The van der Waals surface area contributed by atoms with Crippen LogP contribution in [0.2, 0.25) is 0 Å². The number of unbranched alkanes of at least 4 members (excludes halogenated alkanes) is 3. The summed E-state index contributed by atoms with van der Waals surface area (Å²) in [6, 6.07) is 18.4. The molecule has 0 radical (unpaired) electrons. The van der Waals surface area contributed by atoms with Gasteiger partial charge < -0.3 is 9.47 Å². The van der Waals surface area contributed by atoms with Crippen LogP contribution in [0.3, 0.4) is 0 Å². The summed E-state index contributed by atoms with van der Waals surface area (Å²) in [5.41, 5.74) is 5.32. The molecule has 35 heavy (non-hydrogen) atoms. The highest BCUT2D eigenvalue weighted by molar-refractivity contribution is 9.10. The molecule has 0 aliphatic rings. The predicted octanol–water partition coefficient (Wildman–Crippen LogP) is 5.28. The largest absolute Gasteiger partial charge is 0.492 e. The molecule has 0 spiro atoms. The summed E-state index contributed by atoms with van der Waals surface area (Å²) in [4.78, 5) is 24.6. The Bertz CT molecular complexity index is 1180. The fourth-order valence-electron chi connectivity index (χ4n) is 3.30. The molecular formula is C26H28BrN3O4S. The van der Waals surface area contributed by atoms with Crippen molar-refractivity contribution in [3.63, 3.8) is 0 Å². The van der Waals surface area contributed by atoms with Gasteiger partial charge >= 0.3 is 0 Å². The Morgan fingerprint density at radius 1 is 0.914 bits per heavy atom. The van der Waals surface area contributed by atoms with Crippen LogP contribution in [0.4, 0.5) is 0 Å². The van der Waals surface area contributed by atoms with E-state index in [1.165, 1.54) is 12.8 Å². The lowest BCUT2D eigenvalue weighted by atomic mass is 10.1. The van der Waals surface area contributed by atoms with Crippen molar-refractivity contribution in [2.45, 2.75) is 32.6 Å². The number of hydrogen-bond acceptors (Lipinski definition) is 5. The molecule has 3 N–H and O–H groups in total. The molecule has 0 aromatic heterocycles. The molecule has 0 saturated carbocycles.